The lowest BCUT2D eigenvalue weighted by atomic mass is 9.73. The van der Waals surface area contributed by atoms with Crippen molar-refractivity contribution in [3.63, 3.8) is 0 Å². The maximum absolute atomic E-state index is 13.2. The number of allylic oxidation sites excluding steroid dienone is 1. The lowest BCUT2D eigenvalue weighted by Gasteiger charge is -2.43. The fraction of sp³-hybridized carbons (Fsp3) is 0.852. The van der Waals surface area contributed by atoms with Gasteiger partial charge in [-0.2, -0.15) is 0 Å². The molecule has 0 bridgehead atoms. The first-order valence-corrected chi connectivity index (χ1v) is 13.1. The van der Waals surface area contributed by atoms with Crippen LogP contribution in [0.3, 0.4) is 0 Å². The Labute approximate surface area is 200 Å². The van der Waals surface area contributed by atoms with Gasteiger partial charge in [-0.1, -0.05) is 39.8 Å². The molecule has 2 fully saturated rings. The first kappa shape index (κ1) is 26.2. The molecule has 0 spiro atoms. The van der Waals surface area contributed by atoms with E-state index in [1.807, 2.05) is 0 Å². The van der Waals surface area contributed by atoms with Crippen LogP contribution in [0.25, 0.3) is 0 Å². The Morgan fingerprint density at radius 3 is 2.48 bits per heavy atom. The number of methoxy groups -OCH3 is 1. The van der Waals surface area contributed by atoms with Gasteiger partial charge in [0.05, 0.1) is 12.2 Å². The molecule has 0 aromatic rings. The van der Waals surface area contributed by atoms with Crippen LogP contribution in [0.5, 0.6) is 0 Å². The van der Waals surface area contributed by atoms with Crippen LogP contribution in [-0.4, -0.2) is 50.8 Å². The van der Waals surface area contributed by atoms with E-state index in [-0.39, 0.29) is 29.9 Å². The van der Waals surface area contributed by atoms with E-state index in [2.05, 4.69) is 50.5 Å². The van der Waals surface area contributed by atoms with E-state index < -0.39 is 6.10 Å². The number of amides is 2. The second-order valence-corrected chi connectivity index (χ2v) is 10.8. The van der Waals surface area contributed by atoms with Crippen LogP contribution in [0.15, 0.2) is 12.2 Å². The molecule has 2 amide bonds. The third-order valence-corrected chi connectivity index (χ3v) is 8.94. The molecule has 1 heterocycles. The minimum absolute atomic E-state index is 0.0391. The molecule has 33 heavy (non-hydrogen) atoms. The van der Waals surface area contributed by atoms with Gasteiger partial charge in [-0.3, -0.25) is 9.59 Å². The van der Waals surface area contributed by atoms with Gasteiger partial charge in [-0.15, -0.1) is 0 Å². The molecular formula is C27H46N2O4. The molecule has 1 saturated carbocycles. The first-order valence-electron chi connectivity index (χ1n) is 13.1. The van der Waals surface area contributed by atoms with E-state index in [1.54, 1.807) is 14.2 Å². The molecule has 6 nitrogen and oxygen atoms in total. The molecule has 3 aliphatic rings. The third-order valence-electron chi connectivity index (χ3n) is 8.94. The summed E-state index contributed by atoms with van der Waals surface area (Å²) in [4.78, 5) is 24.8. The number of carbonyl (C=O) groups excluding carboxylic acids is 2. The van der Waals surface area contributed by atoms with E-state index in [4.69, 9.17) is 9.47 Å². The second-order valence-electron chi connectivity index (χ2n) is 10.8. The van der Waals surface area contributed by atoms with Crippen molar-refractivity contribution in [3.05, 3.63) is 12.2 Å². The first-order chi connectivity index (χ1) is 15.8. The number of nitrogens with one attached hydrogen (secondary N) is 2. The quantitative estimate of drug-likeness (QED) is 0.509. The van der Waals surface area contributed by atoms with Gasteiger partial charge in [0.2, 0.25) is 5.91 Å². The van der Waals surface area contributed by atoms with Crippen molar-refractivity contribution in [2.24, 2.45) is 41.4 Å². The highest BCUT2D eigenvalue weighted by molar-refractivity contribution is 5.81. The standard InChI is InChI=1S/C27H46N2O4/c1-7-23-17(3)18(4)25(32-6)26(33-23)27(31)29-15-20-12-11-16(2)21-13-19(14-22(20)21)9-8-10-24(30)28-5/h11-12,16-23,25-26H,7-10,13-15H2,1-6H3,(H,28,30)(H,29,31)/t16?,17?,18-,19?,20?,21?,22?,23-,25?,26?/m1/s1. The summed E-state index contributed by atoms with van der Waals surface area (Å²) in [6, 6.07) is 0. The number of fused-ring (bicyclic) bond motifs is 1. The monoisotopic (exact) mass is 462 g/mol. The summed E-state index contributed by atoms with van der Waals surface area (Å²) in [6.45, 7) is 9.46. The van der Waals surface area contributed by atoms with Gasteiger partial charge in [0.25, 0.3) is 5.91 Å². The van der Waals surface area contributed by atoms with Gasteiger partial charge >= 0.3 is 0 Å². The largest absolute Gasteiger partial charge is 0.378 e. The van der Waals surface area contributed by atoms with Crippen LogP contribution in [0.2, 0.25) is 0 Å². The summed E-state index contributed by atoms with van der Waals surface area (Å²) in [5.74, 6) is 3.63. The average molecular weight is 463 g/mol. The highest BCUT2D eigenvalue weighted by Crippen LogP contribution is 2.49. The maximum Gasteiger partial charge on any atom is 0.251 e. The number of carbonyl (C=O) groups is 2. The molecule has 6 heteroatoms. The molecule has 1 saturated heterocycles. The minimum Gasteiger partial charge on any atom is -0.378 e. The molecule has 2 N–H and O–H groups in total. The van der Waals surface area contributed by atoms with Crippen molar-refractivity contribution in [1.29, 1.82) is 0 Å². The predicted molar refractivity (Wildman–Crippen MR) is 131 cm³/mol. The fourth-order valence-electron chi connectivity index (χ4n) is 6.69. The maximum atomic E-state index is 13.2. The number of hydrogen-bond donors (Lipinski definition) is 2. The smallest absolute Gasteiger partial charge is 0.251 e. The fourth-order valence-corrected chi connectivity index (χ4v) is 6.69. The van der Waals surface area contributed by atoms with E-state index in [0.29, 0.717) is 48.5 Å². The third kappa shape index (κ3) is 6.00. The Bertz CT molecular complexity index is 696. The molecule has 188 valence electrons. The second kappa shape index (κ2) is 11.8. The van der Waals surface area contributed by atoms with Crippen molar-refractivity contribution < 1.29 is 19.1 Å². The summed E-state index contributed by atoms with van der Waals surface area (Å²) in [6.07, 6.45) is 10.0. The van der Waals surface area contributed by atoms with Crippen molar-refractivity contribution in [3.8, 4) is 0 Å². The van der Waals surface area contributed by atoms with Crippen molar-refractivity contribution in [1.82, 2.24) is 10.6 Å². The lowest BCUT2D eigenvalue weighted by molar-refractivity contribution is -0.187. The highest BCUT2D eigenvalue weighted by atomic mass is 16.5. The average Bonchev–Trinajstić information content (AvgIpc) is 3.25. The zero-order valence-electron chi connectivity index (χ0n) is 21.5. The molecular weight excluding hydrogens is 416 g/mol. The Hall–Kier alpha value is -1.40. The molecule has 3 rings (SSSR count). The molecule has 0 radical (unpaired) electrons. The Morgan fingerprint density at radius 2 is 1.82 bits per heavy atom. The van der Waals surface area contributed by atoms with Gasteiger partial charge in [0, 0.05) is 27.1 Å². The summed E-state index contributed by atoms with van der Waals surface area (Å²) >= 11 is 0. The van der Waals surface area contributed by atoms with Gasteiger partial charge in [0.15, 0.2) is 6.10 Å². The van der Waals surface area contributed by atoms with Gasteiger partial charge in [-0.05, 0) is 73.5 Å². The van der Waals surface area contributed by atoms with Crippen molar-refractivity contribution >= 4 is 11.8 Å². The van der Waals surface area contributed by atoms with E-state index in [1.165, 1.54) is 12.8 Å². The molecule has 10 atom stereocenters. The van der Waals surface area contributed by atoms with Gasteiger partial charge < -0.3 is 20.1 Å². The lowest BCUT2D eigenvalue weighted by Crippen LogP contribution is -2.56. The zero-order chi connectivity index (χ0) is 24.1. The molecule has 1 aliphatic heterocycles. The van der Waals surface area contributed by atoms with Crippen LogP contribution in [0.4, 0.5) is 0 Å². The molecule has 8 unspecified atom stereocenters. The van der Waals surface area contributed by atoms with E-state index in [0.717, 1.165) is 19.3 Å². The van der Waals surface area contributed by atoms with Gasteiger partial charge in [0.1, 0.15) is 0 Å². The summed E-state index contributed by atoms with van der Waals surface area (Å²) in [5.41, 5.74) is 0. The Kier molecular flexibility index (Phi) is 9.40. The summed E-state index contributed by atoms with van der Waals surface area (Å²) < 4.78 is 12.0. The van der Waals surface area contributed by atoms with E-state index >= 15 is 0 Å². The molecule has 2 aliphatic carbocycles. The topological polar surface area (TPSA) is 76.7 Å². The molecule has 0 aromatic carbocycles. The summed E-state index contributed by atoms with van der Waals surface area (Å²) in [5, 5.41) is 5.95. The van der Waals surface area contributed by atoms with Crippen molar-refractivity contribution in [2.75, 3.05) is 20.7 Å². The number of rotatable bonds is 9. The Balaban J connectivity index is 1.57. The van der Waals surface area contributed by atoms with Crippen LogP contribution in [0, 0.1) is 41.4 Å². The number of hydrogen-bond acceptors (Lipinski definition) is 4. The van der Waals surface area contributed by atoms with Crippen LogP contribution < -0.4 is 10.6 Å². The number of ether oxygens (including phenoxy) is 2. The van der Waals surface area contributed by atoms with Crippen LogP contribution in [0.1, 0.15) is 66.2 Å². The van der Waals surface area contributed by atoms with Crippen LogP contribution in [-0.2, 0) is 19.1 Å². The molecule has 0 aromatic heterocycles. The normalized spacial score (nSPS) is 40.3. The Morgan fingerprint density at radius 1 is 1.09 bits per heavy atom. The predicted octanol–water partition coefficient (Wildman–Crippen LogP) is 3.95. The zero-order valence-corrected chi connectivity index (χ0v) is 21.5. The van der Waals surface area contributed by atoms with Crippen molar-refractivity contribution in [2.45, 2.75) is 84.5 Å². The van der Waals surface area contributed by atoms with E-state index in [9.17, 15) is 9.59 Å². The highest BCUT2D eigenvalue weighted by Gasteiger charge is 2.45. The van der Waals surface area contributed by atoms with Gasteiger partial charge in [-0.25, -0.2) is 0 Å². The van der Waals surface area contributed by atoms with Crippen LogP contribution >= 0.6 is 0 Å². The minimum atomic E-state index is -0.547. The SMILES string of the molecule is CC[C@H]1OC(C(=O)NCC2C=CC(C)C3CC(CCCC(=O)NC)CC23)C(OC)[C@H](C)C1C. The summed E-state index contributed by atoms with van der Waals surface area (Å²) in [7, 11) is 3.39.